The second-order valence-electron chi connectivity index (χ2n) is 4.15. The van der Waals surface area contributed by atoms with E-state index in [1.807, 2.05) is 0 Å². The van der Waals surface area contributed by atoms with Crippen molar-refractivity contribution in [2.24, 2.45) is 10.7 Å². The number of amides is 1. The first kappa shape index (κ1) is 14.2. The van der Waals surface area contributed by atoms with Crippen LogP contribution in [0.25, 0.3) is 0 Å². The van der Waals surface area contributed by atoms with Gasteiger partial charge in [0, 0.05) is 23.9 Å². The van der Waals surface area contributed by atoms with E-state index in [1.54, 1.807) is 12.1 Å². The normalized spacial score (nSPS) is 10.7. The molecular formula is C14H10N3O4-. The molecule has 7 heteroatoms. The molecule has 2 rings (SSSR count). The van der Waals surface area contributed by atoms with Crippen LogP contribution in [0.2, 0.25) is 0 Å². The van der Waals surface area contributed by atoms with E-state index in [0.29, 0.717) is 11.3 Å². The minimum Gasteiger partial charge on any atom is -0.872 e. The average molecular weight is 284 g/mol. The van der Waals surface area contributed by atoms with Crippen molar-refractivity contribution in [3.05, 3.63) is 63.7 Å². The predicted octanol–water partition coefficient (Wildman–Crippen LogP) is 1.52. The Hall–Kier alpha value is -3.22. The van der Waals surface area contributed by atoms with Crippen LogP contribution in [0.5, 0.6) is 5.75 Å². The highest BCUT2D eigenvalue weighted by atomic mass is 16.6. The van der Waals surface area contributed by atoms with Crippen LogP contribution in [0.1, 0.15) is 15.9 Å². The lowest BCUT2D eigenvalue weighted by atomic mass is 10.2. The van der Waals surface area contributed by atoms with Gasteiger partial charge in [0.25, 0.3) is 5.69 Å². The van der Waals surface area contributed by atoms with Crippen LogP contribution >= 0.6 is 0 Å². The van der Waals surface area contributed by atoms with Gasteiger partial charge in [-0.3, -0.25) is 19.9 Å². The number of nitrogens with zero attached hydrogens (tertiary/aromatic N) is 2. The summed E-state index contributed by atoms with van der Waals surface area (Å²) in [5.74, 6) is -0.913. The molecule has 106 valence electrons. The van der Waals surface area contributed by atoms with Gasteiger partial charge in [-0.05, 0) is 29.8 Å². The van der Waals surface area contributed by atoms with Crippen molar-refractivity contribution in [2.45, 2.75) is 0 Å². The average Bonchev–Trinajstić information content (AvgIpc) is 2.46. The fraction of sp³-hybridized carbons (Fsp3) is 0. The molecule has 0 radical (unpaired) electrons. The molecule has 1 amide bonds. The van der Waals surface area contributed by atoms with Crippen LogP contribution in [0.3, 0.4) is 0 Å². The van der Waals surface area contributed by atoms with Crippen molar-refractivity contribution in [3.63, 3.8) is 0 Å². The lowest BCUT2D eigenvalue weighted by molar-refractivity contribution is -0.385. The molecule has 0 atom stereocenters. The van der Waals surface area contributed by atoms with Crippen molar-refractivity contribution in [1.29, 1.82) is 0 Å². The van der Waals surface area contributed by atoms with E-state index in [1.165, 1.54) is 18.3 Å². The highest BCUT2D eigenvalue weighted by Crippen LogP contribution is 2.20. The zero-order chi connectivity index (χ0) is 15.4. The minimum atomic E-state index is -0.585. The molecule has 0 bridgehead atoms. The molecular weight excluding hydrogens is 274 g/mol. The van der Waals surface area contributed by atoms with Gasteiger partial charge in [0.2, 0.25) is 5.91 Å². The van der Waals surface area contributed by atoms with E-state index < -0.39 is 10.8 Å². The van der Waals surface area contributed by atoms with E-state index in [-0.39, 0.29) is 17.0 Å². The smallest absolute Gasteiger partial charge is 0.270 e. The summed E-state index contributed by atoms with van der Waals surface area (Å²) in [6.07, 6.45) is 1.24. The largest absolute Gasteiger partial charge is 0.872 e. The highest BCUT2D eigenvalue weighted by Gasteiger charge is 2.05. The molecule has 2 aromatic rings. The number of carbonyl (C=O) groups is 1. The van der Waals surface area contributed by atoms with Crippen LogP contribution in [0.4, 0.5) is 11.4 Å². The fourth-order valence-electron chi connectivity index (χ4n) is 1.61. The van der Waals surface area contributed by atoms with E-state index in [2.05, 4.69) is 4.99 Å². The number of aliphatic imine (C=N–C) groups is 1. The molecule has 0 aliphatic heterocycles. The van der Waals surface area contributed by atoms with Gasteiger partial charge in [-0.1, -0.05) is 11.8 Å². The van der Waals surface area contributed by atoms with Crippen LogP contribution < -0.4 is 10.8 Å². The van der Waals surface area contributed by atoms with Gasteiger partial charge in [-0.15, -0.1) is 0 Å². The third kappa shape index (κ3) is 3.41. The maximum atomic E-state index is 11.6. The van der Waals surface area contributed by atoms with Gasteiger partial charge in [-0.2, -0.15) is 0 Å². The summed E-state index contributed by atoms with van der Waals surface area (Å²) < 4.78 is 0. The number of hydrogen-bond acceptors (Lipinski definition) is 5. The Morgan fingerprint density at radius 1 is 1.19 bits per heavy atom. The molecule has 0 aromatic heterocycles. The van der Waals surface area contributed by atoms with Crippen LogP contribution in [-0.4, -0.2) is 17.0 Å². The topological polar surface area (TPSA) is 122 Å². The van der Waals surface area contributed by atoms with E-state index in [9.17, 15) is 20.0 Å². The quantitative estimate of drug-likeness (QED) is 0.519. The molecule has 0 spiro atoms. The molecule has 0 fully saturated rings. The summed E-state index contributed by atoms with van der Waals surface area (Å²) >= 11 is 0. The fourth-order valence-corrected chi connectivity index (χ4v) is 1.61. The summed E-state index contributed by atoms with van der Waals surface area (Å²) in [5, 5.41) is 22.2. The van der Waals surface area contributed by atoms with Crippen LogP contribution in [0.15, 0.2) is 47.5 Å². The number of non-ortho nitro benzene ring substituents is 1. The van der Waals surface area contributed by atoms with Gasteiger partial charge < -0.3 is 10.8 Å². The molecule has 2 N–H and O–H groups in total. The first-order chi connectivity index (χ1) is 9.97. The Morgan fingerprint density at radius 2 is 1.86 bits per heavy atom. The van der Waals surface area contributed by atoms with Gasteiger partial charge in [0.1, 0.15) is 0 Å². The second-order valence-corrected chi connectivity index (χ2v) is 4.15. The van der Waals surface area contributed by atoms with Gasteiger partial charge in [0.05, 0.1) is 10.6 Å². The Bertz CT molecular complexity index is 723. The van der Waals surface area contributed by atoms with E-state index in [0.717, 1.165) is 18.2 Å². The zero-order valence-corrected chi connectivity index (χ0v) is 10.7. The third-order valence-corrected chi connectivity index (χ3v) is 2.71. The Balaban J connectivity index is 2.26. The molecule has 0 saturated heterocycles. The molecule has 2 aromatic carbocycles. The first-order valence-electron chi connectivity index (χ1n) is 5.87. The molecule has 7 nitrogen and oxygen atoms in total. The lowest BCUT2D eigenvalue weighted by Crippen LogP contribution is -2.10. The predicted molar refractivity (Wildman–Crippen MR) is 74.8 cm³/mol. The number of rotatable bonds is 4. The lowest BCUT2D eigenvalue weighted by Gasteiger charge is -2.08. The summed E-state index contributed by atoms with van der Waals surface area (Å²) in [6, 6.07) is 9.53. The molecule has 0 unspecified atom stereocenters. The van der Waals surface area contributed by atoms with Crippen LogP contribution in [0, 0.1) is 10.1 Å². The first-order valence-corrected chi connectivity index (χ1v) is 5.87. The van der Waals surface area contributed by atoms with Crippen molar-refractivity contribution >= 4 is 23.5 Å². The maximum absolute atomic E-state index is 11.6. The van der Waals surface area contributed by atoms with Gasteiger partial charge >= 0.3 is 0 Å². The highest BCUT2D eigenvalue weighted by molar-refractivity contribution is 5.93. The number of nitro groups is 1. The number of carbonyl (C=O) groups excluding carboxylic acids is 1. The number of benzene rings is 2. The summed E-state index contributed by atoms with van der Waals surface area (Å²) in [5.41, 5.74) is 5.88. The molecule has 0 aliphatic rings. The summed E-state index contributed by atoms with van der Waals surface area (Å²) in [7, 11) is 0. The molecule has 0 heterocycles. The van der Waals surface area contributed by atoms with Gasteiger partial charge in [-0.25, -0.2) is 0 Å². The SMILES string of the molecule is NC(=O)c1ccc(N=Cc2cc([N+](=O)[O-])ccc2[O-])cc1. The minimum absolute atomic E-state index is 0.114. The summed E-state index contributed by atoms with van der Waals surface area (Å²) in [4.78, 5) is 25.0. The maximum Gasteiger partial charge on any atom is 0.270 e. The Morgan fingerprint density at radius 3 is 2.43 bits per heavy atom. The third-order valence-electron chi connectivity index (χ3n) is 2.71. The van der Waals surface area contributed by atoms with Crippen LogP contribution in [-0.2, 0) is 0 Å². The monoisotopic (exact) mass is 284 g/mol. The van der Waals surface area contributed by atoms with Crippen molar-refractivity contribution in [2.75, 3.05) is 0 Å². The van der Waals surface area contributed by atoms with E-state index >= 15 is 0 Å². The van der Waals surface area contributed by atoms with Gasteiger partial charge in [0.15, 0.2) is 0 Å². The van der Waals surface area contributed by atoms with Crippen molar-refractivity contribution in [1.82, 2.24) is 0 Å². The molecule has 0 saturated carbocycles. The number of primary amides is 1. The number of nitro benzene ring substituents is 1. The zero-order valence-electron chi connectivity index (χ0n) is 10.7. The van der Waals surface area contributed by atoms with Crippen molar-refractivity contribution < 1.29 is 14.8 Å². The summed E-state index contributed by atoms with van der Waals surface area (Å²) in [6.45, 7) is 0. The van der Waals surface area contributed by atoms with E-state index in [4.69, 9.17) is 5.73 Å². The molecule has 0 aliphatic carbocycles. The Labute approximate surface area is 119 Å². The molecule has 21 heavy (non-hydrogen) atoms. The second kappa shape index (κ2) is 5.83. The number of hydrogen-bond donors (Lipinski definition) is 1. The Kier molecular flexibility index (Phi) is 3.94. The van der Waals surface area contributed by atoms with Crippen molar-refractivity contribution in [3.8, 4) is 5.75 Å². The standard InChI is InChI=1S/C14H11N3O4/c15-14(19)9-1-3-11(4-2-9)16-8-10-7-12(17(20)21)5-6-13(10)18/h1-8,18H,(H2,15,19)/p-1. The number of nitrogens with two attached hydrogens (primary N) is 1.